The Hall–Kier alpha value is -0.735. The van der Waals surface area contributed by atoms with Gasteiger partial charge in [-0.2, -0.15) is 0 Å². The van der Waals surface area contributed by atoms with Crippen molar-refractivity contribution in [1.29, 1.82) is 0 Å². The maximum atomic E-state index is 8.33. The summed E-state index contributed by atoms with van der Waals surface area (Å²) in [7, 11) is 0. The first kappa shape index (κ1) is 29.2. The minimum absolute atomic E-state index is 0. The van der Waals surface area contributed by atoms with E-state index in [9.17, 15) is 0 Å². The molecule has 0 aliphatic carbocycles. The van der Waals surface area contributed by atoms with Crippen LogP contribution in [0.5, 0.6) is 0 Å². The Balaban J connectivity index is -0.0000000270. The van der Waals surface area contributed by atoms with Crippen LogP contribution in [0, 0.1) is 0 Å². The van der Waals surface area contributed by atoms with E-state index in [0.29, 0.717) is 0 Å². The van der Waals surface area contributed by atoms with Crippen LogP contribution < -0.4 is 30.6 Å². The number of carbonyl (C=O) groups excluding carboxylic acids is 3. The molecule has 0 bridgehead atoms. The molecule has 0 N–H and O–H groups in total. The van der Waals surface area contributed by atoms with Gasteiger partial charge in [-0.3, -0.25) is 0 Å². The fourth-order valence-electron chi connectivity index (χ4n) is 0. The molecule has 0 radical (unpaired) electrons. The van der Waals surface area contributed by atoms with Gasteiger partial charge in [-0.1, -0.05) is 0 Å². The summed E-state index contributed by atoms with van der Waals surface area (Å²) in [6, 6.07) is 0. The summed E-state index contributed by atoms with van der Waals surface area (Å²) in [6.07, 6.45) is -7.00. The SMILES string of the molecule is O=C([O-])[O-].O=C([O-])[O-].O=C([O-])[O-].[Mg+2].[W]. The van der Waals surface area contributed by atoms with E-state index in [4.69, 9.17) is 45.0 Å². The van der Waals surface area contributed by atoms with Gasteiger partial charge in [0.25, 0.3) is 0 Å². The molecule has 0 aliphatic heterocycles. The van der Waals surface area contributed by atoms with Gasteiger partial charge in [0.05, 0.1) is 0 Å². The van der Waals surface area contributed by atoms with E-state index in [1.807, 2.05) is 0 Å². The van der Waals surface area contributed by atoms with E-state index in [0.717, 1.165) is 0 Å². The first-order valence-corrected chi connectivity index (χ1v) is 1.84. The van der Waals surface area contributed by atoms with E-state index < -0.39 is 18.5 Å². The van der Waals surface area contributed by atoms with Gasteiger partial charge in [-0.05, 0) is 18.5 Å². The minimum Gasteiger partial charge on any atom is -0.652 e. The Morgan fingerprint density at radius 3 is 0.571 bits per heavy atom. The molecular weight excluding hydrogens is 388 g/mol. The predicted octanol–water partition coefficient (Wildman–Crippen LogP) is -7.72. The van der Waals surface area contributed by atoms with Crippen LogP contribution in [-0.4, -0.2) is 41.5 Å². The van der Waals surface area contributed by atoms with Gasteiger partial charge in [0.1, 0.15) is 0 Å². The minimum atomic E-state index is -2.33. The van der Waals surface area contributed by atoms with Crippen molar-refractivity contribution >= 4 is 41.5 Å². The first-order chi connectivity index (χ1) is 5.20. The van der Waals surface area contributed by atoms with Crippen molar-refractivity contribution < 1.29 is 66.1 Å². The molecule has 0 aliphatic rings. The summed E-state index contributed by atoms with van der Waals surface area (Å²) in [5.74, 6) is 0. The van der Waals surface area contributed by atoms with E-state index >= 15 is 0 Å². The van der Waals surface area contributed by atoms with Crippen LogP contribution in [0.3, 0.4) is 0 Å². The van der Waals surface area contributed by atoms with Crippen molar-refractivity contribution in [2.24, 2.45) is 0 Å². The maximum absolute atomic E-state index is 8.33. The van der Waals surface area contributed by atoms with Gasteiger partial charge < -0.3 is 45.0 Å². The summed E-state index contributed by atoms with van der Waals surface area (Å²) in [4.78, 5) is 25.0. The molecule has 0 fully saturated rings. The largest absolute Gasteiger partial charge is 2.00 e. The Bertz CT molecular complexity index is 118. The van der Waals surface area contributed by atoms with E-state index in [1.54, 1.807) is 0 Å². The van der Waals surface area contributed by atoms with Crippen LogP contribution in [0.25, 0.3) is 0 Å². The summed E-state index contributed by atoms with van der Waals surface area (Å²) < 4.78 is 0. The van der Waals surface area contributed by atoms with Crippen LogP contribution >= 0.6 is 0 Å². The summed E-state index contributed by atoms with van der Waals surface area (Å²) in [6.45, 7) is 0. The second-order valence-corrected chi connectivity index (χ2v) is 0.750. The summed E-state index contributed by atoms with van der Waals surface area (Å²) in [5.41, 5.74) is 0. The molecule has 0 saturated carbocycles. The maximum Gasteiger partial charge on any atom is 2.00 e. The molecule has 0 saturated heterocycles. The Morgan fingerprint density at radius 1 is 0.571 bits per heavy atom. The summed E-state index contributed by atoms with van der Waals surface area (Å²) >= 11 is 0. The standard InChI is InChI=1S/3CH2O3.Mg.W/c3*2-1(3)4;;/h3*(H2,2,3,4);;/q;;;+2;/p-6. The molecule has 0 aromatic rings. The van der Waals surface area contributed by atoms with Gasteiger partial charge >= 0.3 is 23.1 Å². The molecule has 78 valence electrons. The molecule has 0 amide bonds. The first-order valence-electron chi connectivity index (χ1n) is 1.84. The van der Waals surface area contributed by atoms with Crippen LogP contribution in [0.4, 0.5) is 14.4 Å². The molecule has 0 spiro atoms. The molecule has 14 heavy (non-hydrogen) atoms. The topological polar surface area (TPSA) is 190 Å². The monoisotopic (exact) mass is 388 g/mol. The third-order valence-electron chi connectivity index (χ3n) is 0. The fraction of sp³-hybridized carbons (Fsp3) is 0. The second kappa shape index (κ2) is 22.8. The third-order valence-corrected chi connectivity index (χ3v) is 0. The predicted molar refractivity (Wildman–Crippen MR) is 21.9 cm³/mol. The molecule has 0 atom stereocenters. The molecule has 9 nitrogen and oxygen atoms in total. The normalized spacial score (nSPS) is 5.14. The third kappa shape index (κ3) is 2190. The molecule has 0 heterocycles. The van der Waals surface area contributed by atoms with Crippen molar-refractivity contribution in [1.82, 2.24) is 0 Å². The van der Waals surface area contributed by atoms with Crippen LogP contribution in [0.1, 0.15) is 0 Å². The molecule has 0 unspecified atom stereocenters. The fourth-order valence-corrected chi connectivity index (χ4v) is 0. The van der Waals surface area contributed by atoms with Gasteiger partial charge in [-0.15, -0.1) is 0 Å². The smallest absolute Gasteiger partial charge is 0.652 e. The average molecular weight is 388 g/mol. The van der Waals surface area contributed by atoms with Crippen molar-refractivity contribution in [2.45, 2.75) is 0 Å². The van der Waals surface area contributed by atoms with Crippen molar-refractivity contribution in [3.8, 4) is 0 Å². The Labute approximate surface area is 107 Å². The molecule has 11 heteroatoms. The van der Waals surface area contributed by atoms with Crippen LogP contribution in [0.2, 0.25) is 0 Å². The quantitative estimate of drug-likeness (QED) is 0.363. The summed E-state index contributed by atoms with van der Waals surface area (Å²) in [5, 5.41) is 50.0. The van der Waals surface area contributed by atoms with Gasteiger partial charge in [0, 0.05) is 21.1 Å². The number of rotatable bonds is 0. The number of carboxylic acid groups (broad SMARTS) is 6. The van der Waals surface area contributed by atoms with E-state index in [1.165, 1.54) is 0 Å². The second-order valence-electron chi connectivity index (χ2n) is 0.750. The molecule has 0 aromatic carbocycles. The Morgan fingerprint density at radius 2 is 0.571 bits per heavy atom. The van der Waals surface area contributed by atoms with Gasteiger partial charge in [0.15, 0.2) is 0 Å². The molecule has 0 rings (SSSR count). The van der Waals surface area contributed by atoms with E-state index in [-0.39, 0.29) is 44.1 Å². The Kier molecular flexibility index (Phi) is 47.5. The number of hydrogen-bond acceptors (Lipinski definition) is 9. The zero-order chi connectivity index (χ0) is 10.7. The average Bonchev–Trinajstić information content (AvgIpc) is 1.54. The van der Waals surface area contributed by atoms with Crippen molar-refractivity contribution in [2.75, 3.05) is 0 Å². The molecular formula is C3MgO9W-4. The van der Waals surface area contributed by atoms with Gasteiger partial charge in [0.2, 0.25) is 0 Å². The van der Waals surface area contributed by atoms with Crippen molar-refractivity contribution in [3.63, 3.8) is 0 Å². The van der Waals surface area contributed by atoms with Crippen molar-refractivity contribution in [3.05, 3.63) is 0 Å². The van der Waals surface area contributed by atoms with Crippen LogP contribution in [0.15, 0.2) is 0 Å². The van der Waals surface area contributed by atoms with Gasteiger partial charge in [-0.25, -0.2) is 0 Å². The number of carbonyl (C=O) groups is 3. The van der Waals surface area contributed by atoms with Crippen LogP contribution in [-0.2, 0) is 21.1 Å². The zero-order valence-corrected chi connectivity index (χ0v) is 10.6. The van der Waals surface area contributed by atoms with E-state index in [2.05, 4.69) is 0 Å². The molecule has 0 aromatic heterocycles. The zero-order valence-electron chi connectivity index (χ0n) is 6.29. The number of hydrogen-bond donors (Lipinski definition) is 0.